The molecule has 1 fully saturated rings. The first kappa shape index (κ1) is 22.4. The number of benzene rings is 3. The number of aromatic nitrogens is 1. The summed E-state index contributed by atoms with van der Waals surface area (Å²) in [4.78, 5) is 43.3. The van der Waals surface area contributed by atoms with Gasteiger partial charge in [0, 0.05) is 17.7 Å². The third kappa shape index (κ3) is 3.85. The molecule has 0 aliphatic carbocycles. The summed E-state index contributed by atoms with van der Waals surface area (Å²) in [6.07, 6.45) is 0. The molecule has 1 aromatic heterocycles. The second kappa shape index (κ2) is 8.44. The number of fused-ring (bicyclic) bond motifs is 1. The number of rotatable bonds is 4. The van der Waals surface area contributed by atoms with Crippen LogP contribution in [0.4, 0.5) is 10.8 Å². The molecule has 0 radical (unpaired) electrons. The lowest BCUT2D eigenvalue weighted by Crippen LogP contribution is -2.29. The van der Waals surface area contributed by atoms with Gasteiger partial charge >= 0.3 is 5.91 Å². The molecule has 4 aromatic rings. The number of aryl methyl sites for hydroxylation is 2. The van der Waals surface area contributed by atoms with Gasteiger partial charge in [-0.2, -0.15) is 0 Å². The van der Waals surface area contributed by atoms with Crippen molar-refractivity contribution in [1.82, 2.24) is 4.98 Å². The summed E-state index contributed by atoms with van der Waals surface area (Å²) in [5, 5.41) is 22.9. The average molecular weight is 486 g/mol. The Labute approximate surface area is 203 Å². The van der Waals surface area contributed by atoms with Crippen molar-refractivity contribution in [1.29, 1.82) is 0 Å². The molecule has 35 heavy (non-hydrogen) atoms. The molecule has 5 rings (SSSR count). The zero-order valence-corrected chi connectivity index (χ0v) is 19.6. The SMILES string of the molecule is Cc1ccc(C(O)=C2C(=O)C(=O)N(c3nc4ccc(C)cc4s3)[C@H]2c2cccc([N+](=O)[O-])c2)cc1. The van der Waals surface area contributed by atoms with Gasteiger partial charge in [-0.25, -0.2) is 4.98 Å². The molecular weight excluding hydrogens is 466 g/mol. The molecule has 0 bridgehead atoms. The number of carbonyl (C=O) groups is 2. The van der Waals surface area contributed by atoms with Gasteiger partial charge in [0.25, 0.3) is 11.5 Å². The van der Waals surface area contributed by atoms with Crippen LogP contribution in [0.2, 0.25) is 0 Å². The minimum absolute atomic E-state index is 0.144. The summed E-state index contributed by atoms with van der Waals surface area (Å²) in [7, 11) is 0. The Bertz CT molecular complexity index is 1560. The van der Waals surface area contributed by atoms with Gasteiger partial charge in [0.2, 0.25) is 0 Å². The molecule has 0 spiro atoms. The number of hydrogen-bond acceptors (Lipinski definition) is 7. The van der Waals surface area contributed by atoms with Crippen LogP contribution in [0.15, 0.2) is 72.3 Å². The van der Waals surface area contributed by atoms with Crippen molar-refractivity contribution in [3.05, 3.63) is 105 Å². The first-order valence-electron chi connectivity index (χ1n) is 10.7. The molecule has 1 atom stereocenters. The monoisotopic (exact) mass is 485 g/mol. The van der Waals surface area contributed by atoms with Crippen LogP contribution in [0.25, 0.3) is 16.0 Å². The van der Waals surface area contributed by atoms with Gasteiger partial charge in [0.1, 0.15) is 5.76 Å². The van der Waals surface area contributed by atoms with Crippen molar-refractivity contribution in [3.63, 3.8) is 0 Å². The fraction of sp³-hybridized carbons (Fsp3) is 0.115. The summed E-state index contributed by atoms with van der Waals surface area (Å²) in [5.74, 6) is -2.08. The number of nitro groups is 1. The van der Waals surface area contributed by atoms with E-state index in [9.17, 15) is 24.8 Å². The molecule has 0 saturated carbocycles. The highest BCUT2D eigenvalue weighted by molar-refractivity contribution is 7.22. The highest BCUT2D eigenvalue weighted by Crippen LogP contribution is 2.44. The molecule has 9 heteroatoms. The molecule has 1 saturated heterocycles. The first-order valence-corrected chi connectivity index (χ1v) is 11.6. The van der Waals surface area contributed by atoms with E-state index >= 15 is 0 Å². The fourth-order valence-corrected chi connectivity index (χ4v) is 5.23. The van der Waals surface area contributed by atoms with Crippen LogP contribution in [-0.4, -0.2) is 26.7 Å². The maximum absolute atomic E-state index is 13.3. The molecule has 1 aliphatic heterocycles. The highest BCUT2D eigenvalue weighted by atomic mass is 32.1. The number of carbonyl (C=O) groups excluding carboxylic acids is 2. The lowest BCUT2D eigenvalue weighted by Gasteiger charge is -2.22. The van der Waals surface area contributed by atoms with Crippen LogP contribution in [0.3, 0.4) is 0 Å². The number of ketones is 1. The maximum Gasteiger partial charge on any atom is 0.301 e. The summed E-state index contributed by atoms with van der Waals surface area (Å²) in [6.45, 7) is 3.83. The Balaban J connectivity index is 1.75. The summed E-state index contributed by atoms with van der Waals surface area (Å²) >= 11 is 1.24. The fourth-order valence-electron chi connectivity index (χ4n) is 4.14. The number of amides is 1. The molecule has 1 N–H and O–H groups in total. The van der Waals surface area contributed by atoms with Crippen LogP contribution in [0.1, 0.15) is 28.3 Å². The first-order chi connectivity index (χ1) is 16.7. The zero-order valence-electron chi connectivity index (χ0n) is 18.8. The summed E-state index contributed by atoms with van der Waals surface area (Å²) < 4.78 is 0.832. The van der Waals surface area contributed by atoms with Crippen molar-refractivity contribution in [2.24, 2.45) is 0 Å². The number of aliphatic hydroxyl groups excluding tert-OH is 1. The minimum atomic E-state index is -1.09. The van der Waals surface area contributed by atoms with Gasteiger partial charge in [0.15, 0.2) is 5.13 Å². The van der Waals surface area contributed by atoms with Gasteiger partial charge in [-0.15, -0.1) is 0 Å². The molecule has 0 unspecified atom stereocenters. The Morgan fingerprint density at radius 1 is 1.03 bits per heavy atom. The van der Waals surface area contributed by atoms with E-state index in [1.165, 1.54) is 34.4 Å². The Morgan fingerprint density at radius 2 is 1.74 bits per heavy atom. The summed E-state index contributed by atoms with van der Waals surface area (Å²) in [5.41, 5.74) is 2.99. The Kier molecular flexibility index (Phi) is 5.41. The van der Waals surface area contributed by atoms with Crippen LogP contribution in [0, 0.1) is 24.0 Å². The number of aliphatic hydroxyl groups is 1. The van der Waals surface area contributed by atoms with Gasteiger partial charge in [-0.1, -0.05) is 59.4 Å². The second-order valence-electron chi connectivity index (χ2n) is 8.35. The topological polar surface area (TPSA) is 114 Å². The number of hydrogen-bond donors (Lipinski definition) is 1. The highest BCUT2D eigenvalue weighted by Gasteiger charge is 2.48. The van der Waals surface area contributed by atoms with E-state index in [-0.39, 0.29) is 22.2 Å². The number of Topliss-reactive ketones (excluding diaryl/α,β-unsaturated/α-hetero) is 1. The number of non-ortho nitro benzene ring substituents is 1. The quantitative estimate of drug-likeness (QED) is 0.135. The summed E-state index contributed by atoms with van der Waals surface area (Å²) in [6, 6.07) is 17.2. The van der Waals surface area contributed by atoms with Crippen molar-refractivity contribution in [2.45, 2.75) is 19.9 Å². The van der Waals surface area contributed by atoms with Gasteiger partial charge < -0.3 is 5.11 Å². The molecule has 2 heterocycles. The Hall–Kier alpha value is -4.37. The van der Waals surface area contributed by atoms with E-state index in [1.54, 1.807) is 30.3 Å². The predicted molar refractivity (Wildman–Crippen MR) is 133 cm³/mol. The molecule has 1 amide bonds. The van der Waals surface area contributed by atoms with Crippen molar-refractivity contribution < 1.29 is 19.6 Å². The van der Waals surface area contributed by atoms with E-state index < -0.39 is 22.7 Å². The van der Waals surface area contributed by atoms with E-state index in [1.807, 2.05) is 32.0 Å². The molecular formula is C26H19N3O5S. The number of thiazole rings is 1. The molecule has 8 nitrogen and oxygen atoms in total. The third-order valence-electron chi connectivity index (χ3n) is 5.90. The van der Waals surface area contributed by atoms with E-state index in [0.717, 1.165) is 15.8 Å². The lowest BCUT2D eigenvalue weighted by molar-refractivity contribution is -0.384. The van der Waals surface area contributed by atoms with Gasteiger partial charge in [-0.05, 0) is 37.1 Å². The van der Waals surface area contributed by atoms with E-state index in [2.05, 4.69) is 4.98 Å². The number of nitro benzene ring substituents is 1. The van der Waals surface area contributed by atoms with Crippen LogP contribution in [-0.2, 0) is 9.59 Å². The van der Waals surface area contributed by atoms with Gasteiger partial charge in [0.05, 0.1) is 26.8 Å². The van der Waals surface area contributed by atoms with Crippen molar-refractivity contribution >= 4 is 49.8 Å². The van der Waals surface area contributed by atoms with Crippen molar-refractivity contribution in [2.75, 3.05) is 4.90 Å². The number of anilines is 1. The van der Waals surface area contributed by atoms with Crippen molar-refractivity contribution in [3.8, 4) is 0 Å². The van der Waals surface area contributed by atoms with Gasteiger partial charge in [-0.3, -0.25) is 24.6 Å². The molecule has 174 valence electrons. The largest absolute Gasteiger partial charge is 0.507 e. The molecule has 3 aromatic carbocycles. The lowest BCUT2D eigenvalue weighted by atomic mass is 9.95. The van der Waals surface area contributed by atoms with Crippen LogP contribution < -0.4 is 4.90 Å². The maximum atomic E-state index is 13.3. The standard InChI is InChI=1S/C26H19N3O5S/c1-14-6-9-16(10-7-14)23(30)21-22(17-4-3-5-18(13-17)29(33)34)28(25(32)24(21)31)26-27-19-11-8-15(2)12-20(19)35-26/h3-13,22,30H,1-2H3/t22-/m0/s1. The predicted octanol–water partition coefficient (Wildman–Crippen LogP) is 5.45. The zero-order chi connectivity index (χ0) is 24.9. The van der Waals surface area contributed by atoms with Crippen LogP contribution >= 0.6 is 11.3 Å². The normalized spacial score (nSPS) is 17.3. The Morgan fingerprint density at radius 3 is 2.46 bits per heavy atom. The smallest absolute Gasteiger partial charge is 0.301 e. The van der Waals surface area contributed by atoms with Crippen LogP contribution in [0.5, 0.6) is 0 Å². The third-order valence-corrected chi connectivity index (χ3v) is 6.92. The minimum Gasteiger partial charge on any atom is -0.507 e. The number of nitrogens with zero attached hydrogens (tertiary/aromatic N) is 3. The second-order valence-corrected chi connectivity index (χ2v) is 9.36. The van der Waals surface area contributed by atoms with E-state index in [0.29, 0.717) is 16.6 Å². The average Bonchev–Trinajstić information content (AvgIpc) is 3.37. The van der Waals surface area contributed by atoms with E-state index in [4.69, 9.17) is 0 Å². The molecule has 1 aliphatic rings.